The molecule has 0 aromatic carbocycles. The van der Waals surface area contributed by atoms with E-state index in [4.69, 9.17) is 10.8 Å². The number of nitrogens with zero attached hydrogens (tertiary/aromatic N) is 2. The fraction of sp³-hybridized carbons (Fsp3) is 0.636. The van der Waals surface area contributed by atoms with Gasteiger partial charge in [-0.3, -0.25) is 4.79 Å². The molecule has 3 N–H and O–H groups in total. The van der Waals surface area contributed by atoms with Gasteiger partial charge in [0, 0.05) is 12.2 Å². The Morgan fingerprint density at radius 1 is 1.69 bits per heavy atom. The number of nitrogens with two attached hydrogens (primary N) is 1. The summed E-state index contributed by atoms with van der Waals surface area (Å²) in [4.78, 5) is 15.4. The highest BCUT2D eigenvalue weighted by molar-refractivity contribution is 5.78. The Bertz CT molecular complexity index is 427. The monoisotopic (exact) mass is 223 g/mol. The molecule has 1 aliphatic rings. The van der Waals surface area contributed by atoms with Gasteiger partial charge in [0.15, 0.2) is 0 Å². The van der Waals surface area contributed by atoms with Gasteiger partial charge in [0.1, 0.15) is 11.4 Å². The second-order valence-corrected chi connectivity index (χ2v) is 4.69. The lowest BCUT2D eigenvalue weighted by Gasteiger charge is -2.19. The van der Waals surface area contributed by atoms with E-state index in [0.717, 1.165) is 17.9 Å². The van der Waals surface area contributed by atoms with Crippen molar-refractivity contribution in [3.05, 3.63) is 17.7 Å². The SMILES string of the molecule is Cc1cn(C2CCC(N)(C(=O)O)C2)c(C)n1. The van der Waals surface area contributed by atoms with E-state index in [1.807, 2.05) is 24.6 Å². The van der Waals surface area contributed by atoms with Crippen LogP contribution in [0.15, 0.2) is 6.20 Å². The van der Waals surface area contributed by atoms with Crippen LogP contribution in [0.1, 0.15) is 36.8 Å². The van der Waals surface area contributed by atoms with Gasteiger partial charge in [-0.1, -0.05) is 0 Å². The van der Waals surface area contributed by atoms with Gasteiger partial charge in [0.05, 0.1) is 5.69 Å². The number of aromatic nitrogens is 2. The van der Waals surface area contributed by atoms with E-state index in [2.05, 4.69) is 4.98 Å². The van der Waals surface area contributed by atoms with Gasteiger partial charge in [-0.05, 0) is 33.1 Å². The molecule has 2 unspecified atom stereocenters. The van der Waals surface area contributed by atoms with Crippen LogP contribution in [0.3, 0.4) is 0 Å². The van der Waals surface area contributed by atoms with Crippen LogP contribution in [0.2, 0.25) is 0 Å². The van der Waals surface area contributed by atoms with Crippen molar-refractivity contribution in [3.63, 3.8) is 0 Å². The highest BCUT2D eigenvalue weighted by Crippen LogP contribution is 2.37. The highest BCUT2D eigenvalue weighted by Gasteiger charge is 2.42. The van der Waals surface area contributed by atoms with Crippen LogP contribution in [-0.4, -0.2) is 26.2 Å². The molecule has 88 valence electrons. The molecule has 1 saturated carbocycles. The van der Waals surface area contributed by atoms with Gasteiger partial charge in [-0.2, -0.15) is 0 Å². The third-order valence-electron chi connectivity index (χ3n) is 3.38. The summed E-state index contributed by atoms with van der Waals surface area (Å²) in [6.07, 6.45) is 3.79. The highest BCUT2D eigenvalue weighted by atomic mass is 16.4. The zero-order valence-corrected chi connectivity index (χ0v) is 9.60. The molecule has 0 radical (unpaired) electrons. The van der Waals surface area contributed by atoms with Crippen LogP contribution in [-0.2, 0) is 4.79 Å². The van der Waals surface area contributed by atoms with E-state index in [0.29, 0.717) is 12.8 Å². The zero-order chi connectivity index (χ0) is 11.9. The molecule has 2 atom stereocenters. The van der Waals surface area contributed by atoms with E-state index in [9.17, 15) is 4.79 Å². The maximum absolute atomic E-state index is 11.0. The van der Waals surface area contributed by atoms with E-state index in [-0.39, 0.29) is 6.04 Å². The minimum Gasteiger partial charge on any atom is -0.480 e. The Labute approximate surface area is 94.3 Å². The molecule has 0 amide bonds. The molecule has 1 aromatic heterocycles. The van der Waals surface area contributed by atoms with Gasteiger partial charge < -0.3 is 15.4 Å². The Morgan fingerprint density at radius 3 is 2.81 bits per heavy atom. The van der Waals surface area contributed by atoms with Crippen LogP contribution < -0.4 is 5.73 Å². The molecule has 1 aliphatic carbocycles. The standard InChI is InChI=1S/C11H17N3O2/c1-7-6-14(8(2)13-7)9-3-4-11(12,5-9)10(15)16/h6,9H,3-5,12H2,1-2H3,(H,15,16). The third-order valence-corrected chi connectivity index (χ3v) is 3.38. The average molecular weight is 223 g/mol. The number of hydrogen-bond acceptors (Lipinski definition) is 3. The normalized spacial score (nSPS) is 29.6. The van der Waals surface area contributed by atoms with E-state index >= 15 is 0 Å². The molecule has 1 heterocycles. The van der Waals surface area contributed by atoms with Gasteiger partial charge in [-0.15, -0.1) is 0 Å². The van der Waals surface area contributed by atoms with E-state index < -0.39 is 11.5 Å². The van der Waals surface area contributed by atoms with Gasteiger partial charge in [0.25, 0.3) is 0 Å². The molecule has 5 heteroatoms. The molecule has 1 fully saturated rings. The van der Waals surface area contributed by atoms with Crippen LogP contribution in [0, 0.1) is 13.8 Å². The number of carbonyl (C=O) groups is 1. The average Bonchev–Trinajstić information content (AvgIpc) is 2.71. The molecule has 0 spiro atoms. The Kier molecular flexibility index (Phi) is 2.50. The van der Waals surface area contributed by atoms with Crippen LogP contribution in [0.5, 0.6) is 0 Å². The first-order valence-corrected chi connectivity index (χ1v) is 5.47. The fourth-order valence-corrected chi connectivity index (χ4v) is 2.49. The predicted octanol–water partition coefficient (Wildman–Crippen LogP) is 1.01. The Morgan fingerprint density at radius 2 is 2.38 bits per heavy atom. The van der Waals surface area contributed by atoms with Crippen molar-refractivity contribution in [1.29, 1.82) is 0 Å². The van der Waals surface area contributed by atoms with E-state index in [1.165, 1.54) is 0 Å². The summed E-state index contributed by atoms with van der Waals surface area (Å²) in [7, 11) is 0. The smallest absolute Gasteiger partial charge is 0.323 e. The van der Waals surface area contributed by atoms with Crippen molar-refractivity contribution < 1.29 is 9.90 Å². The number of carboxylic acids is 1. The summed E-state index contributed by atoms with van der Waals surface area (Å²) in [6.45, 7) is 3.87. The summed E-state index contributed by atoms with van der Waals surface area (Å²) < 4.78 is 2.05. The first kappa shape index (κ1) is 11.1. The van der Waals surface area contributed by atoms with Crippen molar-refractivity contribution in [2.75, 3.05) is 0 Å². The number of aliphatic carboxylic acids is 1. The van der Waals surface area contributed by atoms with Gasteiger partial charge in [0.2, 0.25) is 0 Å². The van der Waals surface area contributed by atoms with Gasteiger partial charge in [-0.25, -0.2) is 4.98 Å². The number of imidazole rings is 1. The summed E-state index contributed by atoms with van der Waals surface area (Å²) in [5.41, 5.74) is 5.75. The second kappa shape index (κ2) is 3.59. The third kappa shape index (κ3) is 1.71. The second-order valence-electron chi connectivity index (χ2n) is 4.69. The minimum atomic E-state index is -1.06. The van der Waals surface area contributed by atoms with Crippen LogP contribution in [0.25, 0.3) is 0 Å². The predicted molar refractivity (Wildman–Crippen MR) is 59.1 cm³/mol. The minimum absolute atomic E-state index is 0.169. The number of rotatable bonds is 2. The number of hydrogen-bond donors (Lipinski definition) is 2. The maximum atomic E-state index is 11.0. The molecule has 2 rings (SSSR count). The molecule has 0 saturated heterocycles. The molecule has 0 aliphatic heterocycles. The topological polar surface area (TPSA) is 81.1 Å². The van der Waals surface area contributed by atoms with Crippen molar-refractivity contribution in [2.45, 2.75) is 44.7 Å². The largest absolute Gasteiger partial charge is 0.480 e. The van der Waals surface area contributed by atoms with Crippen molar-refractivity contribution in [3.8, 4) is 0 Å². The fourth-order valence-electron chi connectivity index (χ4n) is 2.49. The molecular weight excluding hydrogens is 206 g/mol. The molecule has 5 nitrogen and oxygen atoms in total. The summed E-state index contributed by atoms with van der Waals surface area (Å²) in [5, 5.41) is 9.06. The van der Waals surface area contributed by atoms with Crippen LogP contribution >= 0.6 is 0 Å². The molecular formula is C11H17N3O2. The zero-order valence-electron chi connectivity index (χ0n) is 9.60. The van der Waals surface area contributed by atoms with Crippen LogP contribution in [0.4, 0.5) is 0 Å². The van der Waals surface area contributed by atoms with Crippen molar-refractivity contribution in [1.82, 2.24) is 9.55 Å². The Balaban J connectivity index is 2.21. The first-order chi connectivity index (χ1) is 7.42. The van der Waals surface area contributed by atoms with Gasteiger partial charge >= 0.3 is 5.97 Å². The number of carboxylic acid groups (broad SMARTS) is 1. The molecule has 16 heavy (non-hydrogen) atoms. The maximum Gasteiger partial charge on any atom is 0.323 e. The molecule has 0 bridgehead atoms. The quantitative estimate of drug-likeness (QED) is 0.784. The lowest BCUT2D eigenvalue weighted by Crippen LogP contribution is -2.45. The van der Waals surface area contributed by atoms with Crippen molar-refractivity contribution in [2.24, 2.45) is 5.73 Å². The van der Waals surface area contributed by atoms with E-state index in [1.54, 1.807) is 0 Å². The summed E-state index contributed by atoms with van der Waals surface area (Å²) >= 11 is 0. The molecule has 1 aromatic rings. The summed E-state index contributed by atoms with van der Waals surface area (Å²) in [5.74, 6) is 0.0293. The lowest BCUT2D eigenvalue weighted by molar-refractivity contribution is -0.143. The summed E-state index contributed by atoms with van der Waals surface area (Å²) in [6, 6.07) is 0.169. The Hall–Kier alpha value is -1.36. The van der Waals surface area contributed by atoms with Crippen molar-refractivity contribution >= 4 is 5.97 Å². The first-order valence-electron chi connectivity index (χ1n) is 5.47. The lowest BCUT2D eigenvalue weighted by atomic mass is 9.99. The number of aryl methyl sites for hydroxylation is 2.